The molecule has 170 valence electrons. The lowest BCUT2D eigenvalue weighted by Gasteiger charge is -2.40. The first-order valence-electron chi connectivity index (χ1n) is 9.68. The molecule has 0 aromatic carbocycles. The molecular formula is C19H23F3N4O4S. The van der Waals surface area contributed by atoms with E-state index in [1.807, 2.05) is 28.3 Å². The van der Waals surface area contributed by atoms with Gasteiger partial charge in [-0.2, -0.15) is 13.2 Å². The molecule has 2 aliphatic rings. The zero-order valence-electron chi connectivity index (χ0n) is 16.5. The number of hydrogen-bond donors (Lipinski definition) is 2. The van der Waals surface area contributed by atoms with Crippen LogP contribution in [0, 0.1) is 0 Å². The second-order valence-electron chi connectivity index (χ2n) is 7.18. The van der Waals surface area contributed by atoms with Crippen molar-refractivity contribution in [3.8, 4) is 0 Å². The van der Waals surface area contributed by atoms with E-state index in [4.69, 9.17) is 14.6 Å². The zero-order chi connectivity index (χ0) is 22.4. The van der Waals surface area contributed by atoms with Crippen molar-refractivity contribution >= 4 is 23.2 Å². The van der Waals surface area contributed by atoms with Crippen LogP contribution in [-0.4, -0.2) is 63.4 Å². The number of halogens is 3. The zero-order valence-corrected chi connectivity index (χ0v) is 17.4. The number of carbonyl (C=O) groups is 2. The van der Waals surface area contributed by atoms with E-state index in [1.165, 1.54) is 4.88 Å². The summed E-state index contributed by atoms with van der Waals surface area (Å²) in [5.41, 5.74) is 1.11. The fraction of sp³-hybridized carbons (Fsp3) is 0.526. The van der Waals surface area contributed by atoms with E-state index in [0.29, 0.717) is 12.6 Å². The van der Waals surface area contributed by atoms with Gasteiger partial charge in [0.15, 0.2) is 0 Å². The molecule has 4 rings (SSSR count). The quantitative estimate of drug-likeness (QED) is 0.728. The number of amides is 1. The highest BCUT2D eigenvalue weighted by atomic mass is 32.1. The number of hydrogen-bond acceptors (Lipinski definition) is 6. The van der Waals surface area contributed by atoms with Crippen molar-refractivity contribution in [1.29, 1.82) is 0 Å². The predicted octanol–water partition coefficient (Wildman–Crippen LogP) is 2.43. The first-order chi connectivity index (χ1) is 14.8. The van der Waals surface area contributed by atoms with E-state index in [0.717, 1.165) is 44.8 Å². The third-order valence-corrected chi connectivity index (χ3v) is 6.00. The average molecular weight is 460 g/mol. The normalized spacial score (nSPS) is 19.8. The molecule has 1 atom stereocenters. The van der Waals surface area contributed by atoms with Crippen LogP contribution in [0.1, 0.15) is 29.5 Å². The van der Waals surface area contributed by atoms with Crippen molar-refractivity contribution < 1.29 is 32.6 Å². The Bertz CT molecular complexity index is 866. The van der Waals surface area contributed by atoms with Gasteiger partial charge in [-0.3, -0.25) is 9.69 Å². The Labute approximate surface area is 180 Å². The topological polar surface area (TPSA) is 96.7 Å². The van der Waals surface area contributed by atoms with Crippen molar-refractivity contribution in [3.05, 3.63) is 40.6 Å². The van der Waals surface area contributed by atoms with Gasteiger partial charge in [0.05, 0.1) is 18.6 Å². The number of thiophene rings is 1. The molecule has 0 spiro atoms. The molecule has 12 heteroatoms. The summed E-state index contributed by atoms with van der Waals surface area (Å²) in [6.45, 7) is 3.82. The van der Waals surface area contributed by atoms with Gasteiger partial charge in [0.2, 0.25) is 5.91 Å². The molecule has 0 aliphatic carbocycles. The Hall–Kier alpha value is -2.44. The summed E-state index contributed by atoms with van der Waals surface area (Å²) in [4.78, 5) is 29.5. The minimum absolute atomic E-state index is 0.0689. The number of aromatic nitrogens is 2. The number of carboxylic acids is 1. The predicted molar refractivity (Wildman–Crippen MR) is 105 cm³/mol. The van der Waals surface area contributed by atoms with Crippen LogP contribution in [0.2, 0.25) is 0 Å². The Balaban J connectivity index is 0.000000339. The smallest absolute Gasteiger partial charge is 0.475 e. The number of nitrogens with zero attached hydrogens (tertiary/aromatic N) is 3. The van der Waals surface area contributed by atoms with Crippen LogP contribution < -0.4 is 5.32 Å². The summed E-state index contributed by atoms with van der Waals surface area (Å²) in [5.74, 6) is -2.69. The average Bonchev–Trinajstić information content (AvgIpc) is 3.43. The molecule has 0 bridgehead atoms. The number of aliphatic carboxylic acids is 1. The molecule has 1 amide bonds. The lowest BCUT2D eigenvalue weighted by atomic mass is 10.0. The summed E-state index contributed by atoms with van der Waals surface area (Å²) in [5, 5.41) is 12.2. The van der Waals surface area contributed by atoms with Crippen LogP contribution in [0.15, 0.2) is 30.0 Å². The number of nitrogens with one attached hydrogen (secondary N) is 1. The van der Waals surface area contributed by atoms with Gasteiger partial charge in [0, 0.05) is 43.4 Å². The number of ether oxygens (including phenoxy) is 1. The molecule has 2 aromatic rings. The second kappa shape index (κ2) is 10.2. The molecule has 2 aliphatic heterocycles. The van der Waals surface area contributed by atoms with Gasteiger partial charge in [-0.25, -0.2) is 9.78 Å². The summed E-state index contributed by atoms with van der Waals surface area (Å²) < 4.78 is 39.2. The molecule has 8 nitrogen and oxygen atoms in total. The highest BCUT2D eigenvalue weighted by Crippen LogP contribution is 2.26. The largest absolute Gasteiger partial charge is 0.490 e. The minimum atomic E-state index is -5.08. The Kier molecular flexibility index (Phi) is 7.68. The van der Waals surface area contributed by atoms with Crippen LogP contribution in [-0.2, 0) is 27.4 Å². The second-order valence-corrected chi connectivity index (χ2v) is 8.21. The van der Waals surface area contributed by atoms with Gasteiger partial charge in [-0.15, -0.1) is 11.3 Å². The molecule has 1 unspecified atom stereocenters. The molecule has 4 heterocycles. The van der Waals surface area contributed by atoms with Crippen LogP contribution in [0.4, 0.5) is 13.2 Å². The van der Waals surface area contributed by atoms with E-state index in [2.05, 4.69) is 15.2 Å². The Morgan fingerprint density at radius 2 is 2.03 bits per heavy atom. The molecule has 31 heavy (non-hydrogen) atoms. The summed E-state index contributed by atoms with van der Waals surface area (Å²) >= 11 is 1.66. The van der Waals surface area contributed by atoms with Crippen molar-refractivity contribution in [2.24, 2.45) is 0 Å². The minimum Gasteiger partial charge on any atom is -0.475 e. The molecule has 2 N–H and O–H groups in total. The highest BCUT2D eigenvalue weighted by molar-refractivity contribution is 7.09. The fourth-order valence-corrected chi connectivity index (χ4v) is 4.21. The van der Waals surface area contributed by atoms with E-state index in [-0.39, 0.29) is 11.9 Å². The lowest BCUT2D eigenvalue weighted by Crippen LogP contribution is -2.49. The first kappa shape index (κ1) is 23.2. The van der Waals surface area contributed by atoms with Crippen molar-refractivity contribution in [3.63, 3.8) is 0 Å². The molecule has 1 saturated heterocycles. The van der Waals surface area contributed by atoms with Crippen LogP contribution in [0.5, 0.6) is 0 Å². The Morgan fingerprint density at radius 1 is 1.32 bits per heavy atom. The third-order valence-electron chi connectivity index (χ3n) is 5.12. The molecular weight excluding hydrogens is 437 g/mol. The van der Waals surface area contributed by atoms with Crippen molar-refractivity contribution in [1.82, 2.24) is 19.8 Å². The first-order valence-corrected chi connectivity index (χ1v) is 10.6. The van der Waals surface area contributed by atoms with E-state index >= 15 is 0 Å². The summed E-state index contributed by atoms with van der Waals surface area (Å²) in [7, 11) is 0. The third kappa shape index (κ3) is 6.28. The van der Waals surface area contributed by atoms with E-state index in [9.17, 15) is 18.0 Å². The Morgan fingerprint density at radius 3 is 2.65 bits per heavy atom. The van der Waals surface area contributed by atoms with Crippen LogP contribution in [0.3, 0.4) is 0 Å². The van der Waals surface area contributed by atoms with Crippen LogP contribution >= 0.6 is 11.3 Å². The number of alkyl halides is 3. The van der Waals surface area contributed by atoms with E-state index in [1.54, 1.807) is 17.7 Å². The monoisotopic (exact) mass is 460 g/mol. The maximum absolute atomic E-state index is 12.8. The standard InChI is InChI=1S/C17H22N4O2S.C2HF3O2/c22-17(19-9-15-2-1-7-24-15)16-11-20(13-3-5-23-6-4-13)10-14-8-18-12-21(14)16;3-2(4,5)1(6)7/h1-2,7-8,12-13,16H,3-6,9-11H2,(H,19,22);(H,6,7). The van der Waals surface area contributed by atoms with Gasteiger partial charge >= 0.3 is 12.1 Å². The van der Waals surface area contributed by atoms with Gasteiger partial charge < -0.3 is 19.7 Å². The van der Waals surface area contributed by atoms with E-state index < -0.39 is 12.1 Å². The lowest BCUT2D eigenvalue weighted by molar-refractivity contribution is -0.192. The van der Waals surface area contributed by atoms with Crippen molar-refractivity contribution in [2.75, 3.05) is 19.8 Å². The van der Waals surface area contributed by atoms with Gasteiger partial charge in [0.1, 0.15) is 6.04 Å². The summed E-state index contributed by atoms with van der Waals surface area (Å²) in [6, 6.07) is 4.34. The molecule has 1 fully saturated rings. The number of imidazole rings is 1. The molecule has 0 radical (unpaired) electrons. The van der Waals surface area contributed by atoms with Crippen molar-refractivity contribution in [2.45, 2.75) is 44.2 Å². The van der Waals surface area contributed by atoms with Crippen LogP contribution in [0.25, 0.3) is 0 Å². The van der Waals surface area contributed by atoms with Gasteiger partial charge in [-0.05, 0) is 24.3 Å². The number of carboxylic acid groups (broad SMARTS) is 1. The SMILES string of the molecule is O=C(NCc1cccs1)C1CN(C2CCOCC2)Cc2cncn21.O=C(O)C(F)(F)F. The maximum atomic E-state index is 12.8. The summed E-state index contributed by atoms with van der Waals surface area (Å²) in [6.07, 6.45) is 0.659. The number of rotatable bonds is 4. The van der Waals surface area contributed by atoms with Gasteiger partial charge in [-0.1, -0.05) is 6.07 Å². The van der Waals surface area contributed by atoms with Gasteiger partial charge in [0.25, 0.3) is 0 Å². The molecule has 2 aromatic heterocycles. The fourth-order valence-electron chi connectivity index (χ4n) is 3.56. The highest BCUT2D eigenvalue weighted by Gasteiger charge is 2.38. The number of carbonyl (C=O) groups excluding carboxylic acids is 1. The number of fused-ring (bicyclic) bond motifs is 1. The molecule has 0 saturated carbocycles. The maximum Gasteiger partial charge on any atom is 0.490 e.